The number of aryl methyl sites for hydroxylation is 1. The molecule has 2 N–H and O–H groups in total. The molecule has 1 unspecified atom stereocenters. The highest BCUT2D eigenvalue weighted by atomic mass is 16.3. The van der Waals surface area contributed by atoms with Crippen LogP contribution in [0, 0.1) is 5.92 Å². The van der Waals surface area contributed by atoms with Crippen molar-refractivity contribution in [1.29, 1.82) is 0 Å². The molecule has 1 aliphatic rings. The zero-order valence-electron chi connectivity index (χ0n) is 13.2. The lowest BCUT2D eigenvalue weighted by Crippen LogP contribution is -2.45. The Balaban J connectivity index is 1.77. The van der Waals surface area contributed by atoms with Gasteiger partial charge in [-0.15, -0.1) is 0 Å². The molecule has 1 aliphatic carbocycles. The summed E-state index contributed by atoms with van der Waals surface area (Å²) >= 11 is 0. The highest BCUT2D eigenvalue weighted by Gasteiger charge is 2.37. The molecule has 2 aromatic rings. The monoisotopic (exact) mass is 314 g/mol. The molecule has 0 spiro atoms. The Morgan fingerprint density at radius 2 is 2.17 bits per heavy atom. The summed E-state index contributed by atoms with van der Waals surface area (Å²) in [5.41, 5.74) is 1.70. The molecule has 0 bridgehead atoms. The molecule has 1 fully saturated rings. The predicted octanol–water partition coefficient (Wildman–Crippen LogP) is 2.23. The van der Waals surface area contributed by atoms with Gasteiger partial charge in [-0.25, -0.2) is 4.79 Å². The molecule has 0 saturated heterocycles. The quantitative estimate of drug-likeness (QED) is 0.859. The van der Waals surface area contributed by atoms with Gasteiger partial charge in [-0.05, 0) is 24.3 Å². The number of rotatable bonds is 6. The van der Waals surface area contributed by atoms with Crippen molar-refractivity contribution in [2.24, 2.45) is 13.0 Å². The largest absolute Gasteiger partial charge is 0.394 e. The van der Waals surface area contributed by atoms with E-state index in [0.717, 1.165) is 18.4 Å². The standard InChI is InChI=1S/C17H22N4O2/c1-20-11-15(9-18-20)19-17(23)21(16(12-22)14-7-8-14)10-13-5-3-2-4-6-13/h2-6,9,11,14,16,22H,7-8,10,12H2,1H3,(H,19,23). The molecule has 1 saturated carbocycles. The Kier molecular flexibility index (Phi) is 4.62. The van der Waals surface area contributed by atoms with Crippen molar-refractivity contribution in [3.63, 3.8) is 0 Å². The van der Waals surface area contributed by atoms with Gasteiger partial charge in [0, 0.05) is 19.8 Å². The van der Waals surface area contributed by atoms with E-state index in [1.54, 1.807) is 29.0 Å². The van der Waals surface area contributed by atoms with Crippen molar-refractivity contribution in [1.82, 2.24) is 14.7 Å². The number of benzene rings is 1. The smallest absolute Gasteiger partial charge is 0.322 e. The van der Waals surface area contributed by atoms with Crippen molar-refractivity contribution in [3.8, 4) is 0 Å². The fourth-order valence-electron chi connectivity index (χ4n) is 2.78. The van der Waals surface area contributed by atoms with E-state index in [1.165, 1.54) is 0 Å². The number of nitrogens with zero attached hydrogens (tertiary/aromatic N) is 3. The predicted molar refractivity (Wildman–Crippen MR) is 87.8 cm³/mol. The Morgan fingerprint density at radius 3 is 2.74 bits per heavy atom. The third-order valence-corrected chi connectivity index (χ3v) is 4.17. The zero-order chi connectivity index (χ0) is 16.2. The summed E-state index contributed by atoms with van der Waals surface area (Å²) < 4.78 is 1.64. The molecule has 0 aliphatic heterocycles. The number of hydrogen-bond donors (Lipinski definition) is 2. The van der Waals surface area contributed by atoms with Gasteiger partial charge in [-0.2, -0.15) is 5.10 Å². The molecule has 0 radical (unpaired) electrons. The van der Waals surface area contributed by atoms with E-state index in [2.05, 4.69) is 10.4 Å². The van der Waals surface area contributed by atoms with E-state index in [4.69, 9.17) is 0 Å². The van der Waals surface area contributed by atoms with Crippen molar-refractivity contribution in [2.75, 3.05) is 11.9 Å². The van der Waals surface area contributed by atoms with E-state index < -0.39 is 0 Å². The third-order valence-electron chi connectivity index (χ3n) is 4.17. The van der Waals surface area contributed by atoms with Crippen LogP contribution >= 0.6 is 0 Å². The molecule has 2 amide bonds. The van der Waals surface area contributed by atoms with Gasteiger partial charge < -0.3 is 15.3 Å². The molecular weight excluding hydrogens is 292 g/mol. The van der Waals surface area contributed by atoms with Gasteiger partial charge in [-0.3, -0.25) is 4.68 Å². The Labute approximate surface area is 135 Å². The topological polar surface area (TPSA) is 70.4 Å². The lowest BCUT2D eigenvalue weighted by Gasteiger charge is -2.31. The minimum Gasteiger partial charge on any atom is -0.394 e. The number of aromatic nitrogens is 2. The maximum Gasteiger partial charge on any atom is 0.322 e. The highest BCUT2D eigenvalue weighted by molar-refractivity contribution is 5.89. The summed E-state index contributed by atoms with van der Waals surface area (Å²) in [5, 5.41) is 16.7. The average molecular weight is 314 g/mol. The number of anilines is 1. The first kappa shape index (κ1) is 15.6. The van der Waals surface area contributed by atoms with Crippen molar-refractivity contribution in [2.45, 2.75) is 25.4 Å². The van der Waals surface area contributed by atoms with Crippen LogP contribution in [0.5, 0.6) is 0 Å². The number of urea groups is 1. The Hall–Kier alpha value is -2.34. The number of carbonyl (C=O) groups excluding carboxylic acids is 1. The van der Waals surface area contributed by atoms with E-state index in [-0.39, 0.29) is 18.7 Å². The molecular formula is C17H22N4O2. The van der Waals surface area contributed by atoms with Gasteiger partial charge in [0.15, 0.2) is 0 Å². The second-order valence-electron chi connectivity index (χ2n) is 6.03. The molecule has 1 aromatic carbocycles. The molecule has 6 nitrogen and oxygen atoms in total. The SMILES string of the molecule is Cn1cc(NC(=O)N(Cc2ccccc2)C(CO)C2CC2)cn1. The van der Waals surface area contributed by atoms with Crippen LogP contribution in [0.4, 0.5) is 10.5 Å². The van der Waals surface area contributed by atoms with Gasteiger partial charge >= 0.3 is 6.03 Å². The van der Waals surface area contributed by atoms with Gasteiger partial charge in [0.25, 0.3) is 0 Å². The summed E-state index contributed by atoms with van der Waals surface area (Å²) in [6, 6.07) is 9.50. The summed E-state index contributed by atoms with van der Waals surface area (Å²) in [6.45, 7) is 0.465. The number of nitrogens with one attached hydrogen (secondary N) is 1. The number of aliphatic hydroxyl groups is 1. The number of carbonyl (C=O) groups is 1. The van der Waals surface area contributed by atoms with Gasteiger partial charge in [0.2, 0.25) is 0 Å². The Morgan fingerprint density at radius 1 is 1.43 bits per heavy atom. The van der Waals surface area contributed by atoms with Gasteiger partial charge in [0.05, 0.1) is 24.5 Å². The van der Waals surface area contributed by atoms with E-state index in [9.17, 15) is 9.90 Å². The van der Waals surface area contributed by atoms with Crippen molar-refractivity contribution in [3.05, 3.63) is 48.3 Å². The molecule has 23 heavy (non-hydrogen) atoms. The fraction of sp³-hybridized carbons (Fsp3) is 0.412. The summed E-state index contributed by atoms with van der Waals surface area (Å²) in [5.74, 6) is 0.392. The Bertz CT molecular complexity index is 652. The maximum atomic E-state index is 12.7. The minimum absolute atomic E-state index is 0.0159. The summed E-state index contributed by atoms with van der Waals surface area (Å²) in [7, 11) is 1.80. The first-order valence-corrected chi connectivity index (χ1v) is 7.88. The highest BCUT2D eigenvalue weighted by Crippen LogP contribution is 2.36. The second-order valence-corrected chi connectivity index (χ2v) is 6.03. The number of aliphatic hydroxyl groups excluding tert-OH is 1. The first-order valence-electron chi connectivity index (χ1n) is 7.88. The number of amides is 2. The summed E-state index contributed by atoms with van der Waals surface area (Å²) in [6.07, 6.45) is 5.50. The van der Waals surface area contributed by atoms with Crippen LogP contribution in [0.3, 0.4) is 0 Å². The van der Waals surface area contributed by atoms with Crippen LogP contribution in [0.1, 0.15) is 18.4 Å². The van der Waals surface area contributed by atoms with E-state index in [0.29, 0.717) is 18.2 Å². The average Bonchev–Trinajstić information content (AvgIpc) is 3.31. The van der Waals surface area contributed by atoms with E-state index >= 15 is 0 Å². The first-order chi connectivity index (χ1) is 11.2. The lowest BCUT2D eigenvalue weighted by molar-refractivity contribution is 0.124. The normalized spacial score (nSPS) is 15.2. The minimum atomic E-state index is -0.201. The molecule has 1 atom stereocenters. The van der Waals surface area contributed by atoms with Gasteiger partial charge in [-0.1, -0.05) is 30.3 Å². The van der Waals surface area contributed by atoms with E-state index in [1.807, 2.05) is 30.3 Å². The lowest BCUT2D eigenvalue weighted by atomic mass is 10.1. The van der Waals surface area contributed by atoms with Crippen LogP contribution in [-0.2, 0) is 13.6 Å². The van der Waals surface area contributed by atoms with Crippen LogP contribution in [0.2, 0.25) is 0 Å². The van der Waals surface area contributed by atoms with Crippen LogP contribution in [0.25, 0.3) is 0 Å². The fourth-order valence-corrected chi connectivity index (χ4v) is 2.78. The van der Waals surface area contributed by atoms with Crippen LogP contribution in [0.15, 0.2) is 42.7 Å². The van der Waals surface area contributed by atoms with Crippen LogP contribution in [-0.4, -0.2) is 38.5 Å². The molecule has 1 heterocycles. The van der Waals surface area contributed by atoms with Crippen molar-refractivity contribution < 1.29 is 9.90 Å². The molecule has 1 aromatic heterocycles. The molecule has 122 valence electrons. The zero-order valence-corrected chi connectivity index (χ0v) is 13.2. The third kappa shape index (κ3) is 3.90. The molecule has 6 heteroatoms. The summed E-state index contributed by atoms with van der Waals surface area (Å²) in [4.78, 5) is 14.5. The number of hydrogen-bond acceptors (Lipinski definition) is 3. The van der Waals surface area contributed by atoms with Crippen LogP contribution < -0.4 is 5.32 Å². The van der Waals surface area contributed by atoms with Gasteiger partial charge in [0.1, 0.15) is 0 Å². The molecule has 3 rings (SSSR count). The maximum absolute atomic E-state index is 12.7. The van der Waals surface area contributed by atoms with Crippen molar-refractivity contribution >= 4 is 11.7 Å². The second kappa shape index (κ2) is 6.83.